The van der Waals surface area contributed by atoms with Crippen molar-refractivity contribution in [2.75, 3.05) is 0 Å². The van der Waals surface area contributed by atoms with E-state index in [2.05, 4.69) is 38.2 Å². The van der Waals surface area contributed by atoms with Crippen LogP contribution in [0.1, 0.15) is 39.0 Å². The molecule has 2 heteroatoms. The first-order chi connectivity index (χ1) is 5.41. The molecule has 0 aliphatic rings. The monoisotopic (exact) mass is 254 g/mol. The Balaban J connectivity index is -0.000000500. The van der Waals surface area contributed by atoms with Gasteiger partial charge in [0.05, 0.1) is 0 Å². The standard InChI is InChI=1S/C11H19.BrH.Mg/c1-3-5-7-9-11-10-8-6-4-2;;/h7,9-11H,1,3-6,8H2,2H3;1H;/q-1;;+2/p-1/b9-7+,11-10-;;. The van der Waals surface area contributed by atoms with Crippen LogP contribution in [0.15, 0.2) is 24.3 Å². The van der Waals surface area contributed by atoms with Gasteiger partial charge < -0.3 is 23.9 Å². The van der Waals surface area contributed by atoms with Crippen LogP contribution < -0.4 is 17.0 Å². The summed E-state index contributed by atoms with van der Waals surface area (Å²) in [6, 6.07) is 0. The van der Waals surface area contributed by atoms with Gasteiger partial charge in [-0.15, -0.1) is 0 Å². The molecule has 0 heterocycles. The summed E-state index contributed by atoms with van der Waals surface area (Å²) in [6.07, 6.45) is 14.5. The van der Waals surface area contributed by atoms with Crippen molar-refractivity contribution in [3.05, 3.63) is 31.2 Å². The van der Waals surface area contributed by atoms with Crippen LogP contribution in [0.4, 0.5) is 0 Å². The van der Waals surface area contributed by atoms with Crippen molar-refractivity contribution in [2.24, 2.45) is 0 Å². The molecule has 13 heavy (non-hydrogen) atoms. The van der Waals surface area contributed by atoms with Crippen LogP contribution in [0.3, 0.4) is 0 Å². The average molecular weight is 255 g/mol. The predicted molar refractivity (Wildman–Crippen MR) is 58.2 cm³/mol. The van der Waals surface area contributed by atoms with E-state index in [-0.39, 0.29) is 40.0 Å². The van der Waals surface area contributed by atoms with Gasteiger partial charge in [0.25, 0.3) is 0 Å². The molecule has 0 saturated carbocycles. The number of unbranched alkanes of at least 4 members (excludes halogenated alkanes) is 3. The van der Waals surface area contributed by atoms with Crippen molar-refractivity contribution >= 4 is 23.1 Å². The Bertz CT molecular complexity index is 119. The van der Waals surface area contributed by atoms with Gasteiger partial charge in [0, 0.05) is 0 Å². The van der Waals surface area contributed by atoms with Crippen LogP contribution in [-0.2, 0) is 0 Å². The van der Waals surface area contributed by atoms with Crippen molar-refractivity contribution in [3.8, 4) is 0 Å². The predicted octanol–water partition coefficient (Wildman–Crippen LogP) is 0.526. The van der Waals surface area contributed by atoms with Crippen LogP contribution in [0.2, 0.25) is 0 Å². The van der Waals surface area contributed by atoms with Crippen LogP contribution in [0.5, 0.6) is 0 Å². The number of hydrogen-bond acceptors (Lipinski definition) is 0. The number of rotatable bonds is 6. The van der Waals surface area contributed by atoms with E-state index in [1.807, 2.05) is 0 Å². The molecule has 0 nitrogen and oxygen atoms in total. The fourth-order valence-electron chi connectivity index (χ4n) is 0.789. The molecule has 0 aromatic rings. The first kappa shape index (κ1) is 19.3. The molecule has 0 bridgehead atoms. The maximum Gasteiger partial charge on any atom is 2.00 e. The molecule has 0 N–H and O–H groups in total. The third-order valence-corrected chi connectivity index (χ3v) is 1.48. The minimum Gasteiger partial charge on any atom is -1.00 e. The fourth-order valence-corrected chi connectivity index (χ4v) is 0.789. The molecule has 72 valence electrons. The topological polar surface area (TPSA) is 0 Å². The molecule has 0 fully saturated rings. The van der Waals surface area contributed by atoms with Crippen LogP contribution >= 0.6 is 0 Å². The summed E-state index contributed by atoms with van der Waals surface area (Å²) in [5.41, 5.74) is 0. The van der Waals surface area contributed by atoms with Gasteiger partial charge in [-0.25, -0.2) is 0 Å². The van der Waals surface area contributed by atoms with Gasteiger partial charge >= 0.3 is 23.1 Å². The van der Waals surface area contributed by atoms with E-state index in [1.165, 1.54) is 19.3 Å². The number of hydrogen-bond donors (Lipinski definition) is 0. The SMILES string of the molecule is [Br-].[CH2-]CC/C=C/C=C\CCCC.[Mg+2]. The van der Waals surface area contributed by atoms with E-state index < -0.39 is 0 Å². The third-order valence-electron chi connectivity index (χ3n) is 1.48. The van der Waals surface area contributed by atoms with E-state index in [0.29, 0.717) is 0 Å². The smallest absolute Gasteiger partial charge is 1.00 e. The normalized spacial score (nSPS) is 10.0. The molecule has 0 rings (SSSR count). The maximum absolute atomic E-state index is 3.76. The summed E-state index contributed by atoms with van der Waals surface area (Å²) >= 11 is 0. The third kappa shape index (κ3) is 19.2. The molecule has 0 aromatic carbocycles. The van der Waals surface area contributed by atoms with Crippen molar-refractivity contribution in [1.29, 1.82) is 0 Å². The summed E-state index contributed by atoms with van der Waals surface area (Å²) < 4.78 is 0. The summed E-state index contributed by atoms with van der Waals surface area (Å²) in [5.74, 6) is 0. The maximum atomic E-state index is 3.76. The molecule has 0 atom stereocenters. The van der Waals surface area contributed by atoms with Crippen molar-refractivity contribution < 1.29 is 17.0 Å². The second-order valence-corrected chi connectivity index (χ2v) is 2.64. The molecule has 0 spiro atoms. The quantitative estimate of drug-likeness (QED) is 0.281. The molecule has 0 unspecified atom stereocenters. The van der Waals surface area contributed by atoms with Crippen LogP contribution in [-0.4, -0.2) is 23.1 Å². The van der Waals surface area contributed by atoms with E-state index in [0.717, 1.165) is 12.8 Å². The molecule has 0 aliphatic carbocycles. The Labute approximate surface area is 110 Å². The summed E-state index contributed by atoms with van der Waals surface area (Å²) in [6.45, 7) is 5.97. The average Bonchev–Trinajstić information content (AvgIpc) is 2.03. The Morgan fingerprint density at radius 1 is 1.08 bits per heavy atom. The van der Waals surface area contributed by atoms with Gasteiger partial charge in [-0.05, 0) is 6.42 Å². The van der Waals surface area contributed by atoms with Gasteiger partial charge in [-0.3, -0.25) is 0 Å². The van der Waals surface area contributed by atoms with Crippen molar-refractivity contribution in [1.82, 2.24) is 0 Å². The molecule has 0 aromatic heterocycles. The largest absolute Gasteiger partial charge is 2.00 e. The Hall–Kier alpha value is 0.726. The van der Waals surface area contributed by atoms with E-state index >= 15 is 0 Å². The molecular formula is C11H19BrMg. The minimum absolute atomic E-state index is 0. The van der Waals surface area contributed by atoms with Gasteiger partial charge in [0.1, 0.15) is 0 Å². The van der Waals surface area contributed by atoms with Crippen LogP contribution in [0.25, 0.3) is 0 Å². The van der Waals surface area contributed by atoms with E-state index in [4.69, 9.17) is 0 Å². The molecule has 0 radical (unpaired) electrons. The molecule has 0 aliphatic heterocycles. The molecule has 0 amide bonds. The minimum atomic E-state index is 0. The fraction of sp³-hybridized carbons (Fsp3) is 0.545. The Kier molecular flexibility index (Phi) is 27.5. The van der Waals surface area contributed by atoms with Gasteiger partial charge in [0.2, 0.25) is 0 Å². The number of halogens is 1. The second-order valence-electron chi connectivity index (χ2n) is 2.64. The van der Waals surface area contributed by atoms with Gasteiger partial charge in [0.15, 0.2) is 0 Å². The molecule has 0 saturated heterocycles. The van der Waals surface area contributed by atoms with Crippen LogP contribution in [0, 0.1) is 6.92 Å². The Morgan fingerprint density at radius 2 is 1.62 bits per heavy atom. The zero-order valence-corrected chi connectivity index (χ0v) is 11.6. The second kappa shape index (κ2) is 18.5. The number of allylic oxidation sites excluding steroid dienone is 4. The summed E-state index contributed by atoms with van der Waals surface area (Å²) in [7, 11) is 0. The van der Waals surface area contributed by atoms with Crippen molar-refractivity contribution in [2.45, 2.75) is 39.0 Å². The Morgan fingerprint density at radius 3 is 2.08 bits per heavy atom. The van der Waals surface area contributed by atoms with E-state index in [1.54, 1.807) is 0 Å². The molecular weight excluding hydrogens is 236 g/mol. The summed E-state index contributed by atoms with van der Waals surface area (Å²) in [4.78, 5) is 0. The summed E-state index contributed by atoms with van der Waals surface area (Å²) in [5, 5.41) is 0. The first-order valence-corrected chi connectivity index (χ1v) is 4.52. The zero-order chi connectivity index (χ0) is 8.36. The van der Waals surface area contributed by atoms with Gasteiger partial charge in [-0.1, -0.05) is 50.5 Å². The van der Waals surface area contributed by atoms with E-state index in [9.17, 15) is 0 Å². The van der Waals surface area contributed by atoms with Crippen molar-refractivity contribution in [3.63, 3.8) is 0 Å². The zero-order valence-electron chi connectivity index (χ0n) is 8.64. The van der Waals surface area contributed by atoms with Gasteiger partial charge in [-0.2, -0.15) is 6.42 Å². The first-order valence-electron chi connectivity index (χ1n) is 4.52.